The van der Waals surface area contributed by atoms with Gasteiger partial charge in [0.1, 0.15) is 5.60 Å². The van der Waals surface area contributed by atoms with E-state index >= 15 is 0 Å². The van der Waals surface area contributed by atoms with E-state index in [1.54, 1.807) is 7.05 Å². The van der Waals surface area contributed by atoms with Gasteiger partial charge in [0.05, 0.1) is 6.61 Å². The van der Waals surface area contributed by atoms with Crippen LogP contribution in [0.25, 0.3) is 0 Å². The smallest absolute Gasteiger partial charge is 0.414 e. The molecule has 1 aliphatic carbocycles. The number of amides is 1. The number of fused-ring (bicyclic) bond motifs is 1. The Kier molecular flexibility index (Phi) is 6.09. The van der Waals surface area contributed by atoms with Crippen molar-refractivity contribution in [3.8, 4) is 0 Å². The summed E-state index contributed by atoms with van der Waals surface area (Å²) in [5.41, 5.74) is 2.78. The maximum atomic E-state index is 12.3. The molecule has 138 valence electrons. The highest BCUT2D eigenvalue weighted by Gasteiger charge is 2.24. The molecule has 25 heavy (non-hydrogen) atoms. The monoisotopic (exact) mass is 347 g/mol. The first-order chi connectivity index (χ1) is 11.7. The van der Waals surface area contributed by atoms with Gasteiger partial charge in [0.2, 0.25) is 0 Å². The standard InChI is InChI=1S/C20H29NO4/c1-6-24-18(22)12-14-7-8-15-9-10-17(13-16(15)11-14)21(5)19(23)25-20(2,3)4/h9-10,13-14H,6-8,11-12H2,1-5H3. The molecule has 0 aromatic heterocycles. The van der Waals surface area contributed by atoms with E-state index in [0.717, 1.165) is 24.9 Å². The number of benzene rings is 1. The highest BCUT2D eigenvalue weighted by atomic mass is 16.6. The van der Waals surface area contributed by atoms with Crippen molar-refractivity contribution in [2.75, 3.05) is 18.6 Å². The summed E-state index contributed by atoms with van der Waals surface area (Å²) in [6.07, 6.45) is 2.87. The Balaban J connectivity index is 2.08. The first-order valence-corrected chi connectivity index (χ1v) is 8.93. The van der Waals surface area contributed by atoms with Gasteiger partial charge in [-0.1, -0.05) is 6.07 Å². The molecule has 0 heterocycles. The quantitative estimate of drug-likeness (QED) is 0.769. The zero-order chi connectivity index (χ0) is 18.6. The molecule has 1 unspecified atom stereocenters. The lowest BCUT2D eigenvalue weighted by atomic mass is 9.82. The predicted octanol–water partition coefficient (Wildman–Crippen LogP) is 4.12. The van der Waals surface area contributed by atoms with Crippen molar-refractivity contribution in [3.63, 3.8) is 0 Å². The Morgan fingerprint density at radius 3 is 2.60 bits per heavy atom. The number of nitrogens with zero attached hydrogens (tertiary/aromatic N) is 1. The Hall–Kier alpha value is -2.04. The number of carbonyl (C=O) groups excluding carboxylic acids is 2. The van der Waals surface area contributed by atoms with Gasteiger partial charge in [-0.15, -0.1) is 0 Å². The predicted molar refractivity (Wildman–Crippen MR) is 97.8 cm³/mol. The largest absolute Gasteiger partial charge is 0.466 e. The van der Waals surface area contributed by atoms with Crippen molar-refractivity contribution in [2.45, 2.75) is 59.0 Å². The number of ether oxygens (including phenoxy) is 2. The Bertz CT molecular complexity index is 633. The molecule has 0 radical (unpaired) electrons. The van der Waals surface area contributed by atoms with E-state index in [4.69, 9.17) is 9.47 Å². The second-order valence-electron chi connectivity index (χ2n) is 7.61. The van der Waals surface area contributed by atoms with Crippen LogP contribution in [0.5, 0.6) is 0 Å². The molecule has 2 rings (SSSR count). The molecule has 1 aromatic carbocycles. The van der Waals surface area contributed by atoms with Crippen molar-refractivity contribution in [2.24, 2.45) is 5.92 Å². The molecule has 0 spiro atoms. The van der Waals surface area contributed by atoms with Crippen LogP contribution in [0, 0.1) is 5.92 Å². The number of esters is 1. The van der Waals surface area contributed by atoms with E-state index in [1.807, 2.05) is 39.8 Å². The van der Waals surface area contributed by atoms with Crippen molar-refractivity contribution in [1.82, 2.24) is 0 Å². The number of rotatable bonds is 4. The topological polar surface area (TPSA) is 55.8 Å². The summed E-state index contributed by atoms with van der Waals surface area (Å²) in [5.74, 6) is 0.173. The van der Waals surface area contributed by atoms with Crippen molar-refractivity contribution < 1.29 is 19.1 Å². The zero-order valence-corrected chi connectivity index (χ0v) is 15.9. The molecule has 0 saturated heterocycles. The van der Waals surface area contributed by atoms with E-state index in [1.165, 1.54) is 16.0 Å². The van der Waals surface area contributed by atoms with Crippen LogP contribution in [0.15, 0.2) is 18.2 Å². The maximum absolute atomic E-state index is 12.3. The summed E-state index contributed by atoms with van der Waals surface area (Å²) < 4.78 is 10.5. The molecule has 0 bridgehead atoms. The minimum atomic E-state index is -0.524. The Morgan fingerprint density at radius 2 is 1.96 bits per heavy atom. The minimum Gasteiger partial charge on any atom is -0.466 e. The first kappa shape index (κ1) is 19.3. The van der Waals surface area contributed by atoms with Gasteiger partial charge in [-0.3, -0.25) is 9.69 Å². The summed E-state index contributed by atoms with van der Waals surface area (Å²) >= 11 is 0. The third kappa shape index (κ3) is 5.48. The highest BCUT2D eigenvalue weighted by Crippen LogP contribution is 2.31. The summed E-state index contributed by atoms with van der Waals surface area (Å²) in [5, 5.41) is 0. The van der Waals surface area contributed by atoms with E-state index in [9.17, 15) is 9.59 Å². The third-order valence-electron chi connectivity index (χ3n) is 4.34. The minimum absolute atomic E-state index is 0.127. The molecule has 1 aliphatic rings. The molecule has 0 saturated carbocycles. The molecule has 1 amide bonds. The summed E-state index contributed by atoms with van der Waals surface area (Å²) in [4.78, 5) is 25.5. The van der Waals surface area contributed by atoms with Gasteiger partial charge in [-0.05, 0) is 76.1 Å². The lowest BCUT2D eigenvalue weighted by molar-refractivity contribution is -0.144. The van der Waals surface area contributed by atoms with Crippen LogP contribution in [-0.2, 0) is 27.1 Å². The lowest BCUT2D eigenvalue weighted by Gasteiger charge is -2.27. The average molecular weight is 347 g/mol. The van der Waals surface area contributed by atoms with Gasteiger partial charge in [0, 0.05) is 19.2 Å². The molecular weight excluding hydrogens is 318 g/mol. The second kappa shape index (κ2) is 7.89. The van der Waals surface area contributed by atoms with Gasteiger partial charge in [0.15, 0.2) is 0 Å². The van der Waals surface area contributed by atoms with Gasteiger partial charge < -0.3 is 9.47 Å². The van der Waals surface area contributed by atoms with E-state index in [2.05, 4.69) is 6.07 Å². The average Bonchev–Trinajstić information content (AvgIpc) is 2.52. The molecule has 5 nitrogen and oxygen atoms in total. The van der Waals surface area contributed by atoms with Crippen LogP contribution < -0.4 is 4.90 Å². The van der Waals surface area contributed by atoms with E-state index < -0.39 is 5.60 Å². The maximum Gasteiger partial charge on any atom is 0.414 e. The third-order valence-corrected chi connectivity index (χ3v) is 4.34. The fourth-order valence-electron chi connectivity index (χ4n) is 3.09. The SMILES string of the molecule is CCOC(=O)CC1CCc2ccc(N(C)C(=O)OC(C)(C)C)cc2C1. The molecule has 0 N–H and O–H groups in total. The van der Waals surface area contributed by atoms with Gasteiger partial charge in [-0.2, -0.15) is 0 Å². The summed E-state index contributed by atoms with van der Waals surface area (Å²) in [7, 11) is 1.72. The second-order valence-corrected chi connectivity index (χ2v) is 7.61. The zero-order valence-electron chi connectivity index (χ0n) is 15.9. The Labute approximate surface area is 150 Å². The van der Waals surface area contributed by atoms with Gasteiger partial charge in [0.25, 0.3) is 0 Å². The molecule has 0 fully saturated rings. The Morgan fingerprint density at radius 1 is 1.24 bits per heavy atom. The number of carbonyl (C=O) groups is 2. The van der Waals surface area contributed by atoms with Crippen LogP contribution in [0.2, 0.25) is 0 Å². The number of hydrogen-bond donors (Lipinski definition) is 0. The first-order valence-electron chi connectivity index (χ1n) is 8.93. The fourth-order valence-corrected chi connectivity index (χ4v) is 3.09. The van der Waals surface area contributed by atoms with Crippen LogP contribution in [-0.4, -0.2) is 31.3 Å². The number of aryl methyl sites for hydroxylation is 1. The van der Waals surface area contributed by atoms with Crippen LogP contribution in [0.4, 0.5) is 10.5 Å². The van der Waals surface area contributed by atoms with E-state index in [-0.39, 0.29) is 12.1 Å². The van der Waals surface area contributed by atoms with Crippen LogP contribution in [0.3, 0.4) is 0 Å². The van der Waals surface area contributed by atoms with Crippen LogP contribution in [0.1, 0.15) is 51.7 Å². The number of anilines is 1. The van der Waals surface area contributed by atoms with Crippen molar-refractivity contribution >= 4 is 17.7 Å². The van der Waals surface area contributed by atoms with Gasteiger partial charge in [-0.25, -0.2) is 4.79 Å². The number of hydrogen-bond acceptors (Lipinski definition) is 4. The van der Waals surface area contributed by atoms with Crippen molar-refractivity contribution in [1.29, 1.82) is 0 Å². The molecule has 0 aliphatic heterocycles. The molecule has 5 heteroatoms. The highest BCUT2D eigenvalue weighted by molar-refractivity contribution is 5.87. The van der Waals surface area contributed by atoms with Crippen LogP contribution >= 0.6 is 0 Å². The normalized spacial score (nSPS) is 16.8. The summed E-state index contributed by atoms with van der Waals surface area (Å²) in [6, 6.07) is 6.07. The lowest BCUT2D eigenvalue weighted by Crippen LogP contribution is -2.34. The molecule has 1 aromatic rings. The fraction of sp³-hybridized carbons (Fsp3) is 0.600. The van der Waals surface area contributed by atoms with E-state index in [0.29, 0.717) is 18.9 Å². The van der Waals surface area contributed by atoms with Gasteiger partial charge >= 0.3 is 12.1 Å². The molecule has 1 atom stereocenters. The van der Waals surface area contributed by atoms with Crippen molar-refractivity contribution in [3.05, 3.63) is 29.3 Å². The molecular formula is C20H29NO4. The summed E-state index contributed by atoms with van der Waals surface area (Å²) in [6.45, 7) is 7.81.